The molecule has 0 bridgehead atoms. The van der Waals surface area contributed by atoms with Gasteiger partial charge in [-0.2, -0.15) is 0 Å². The van der Waals surface area contributed by atoms with E-state index in [1.807, 2.05) is 62.4 Å². The number of amides is 2. The van der Waals surface area contributed by atoms with Gasteiger partial charge in [0.2, 0.25) is 11.8 Å². The molecule has 0 aliphatic heterocycles. The Morgan fingerprint density at radius 1 is 1.11 bits per heavy atom. The third-order valence-corrected chi connectivity index (χ3v) is 5.87. The van der Waals surface area contributed by atoms with E-state index >= 15 is 0 Å². The van der Waals surface area contributed by atoms with Crippen LogP contribution in [0.2, 0.25) is 5.02 Å². The minimum absolute atomic E-state index is 0.0150. The zero-order valence-corrected chi connectivity index (χ0v) is 17.2. The summed E-state index contributed by atoms with van der Waals surface area (Å²) in [7, 11) is 0. The van der Waals surface area contributed by atoms with Crippen molar-refractivity contribution in [3.8, 4) is 0 Å². The predicted molar refractivity (Wildman–Crippen MR) is 114 cm³/mol. The van der Waals surface area contributed by atoms with Gasteiger partial charge in [0.05, 0.1) is 11.5 Å². The second-order valence-corrected chi connectivity index (χ2v) is 7.95. The normalized spacial score (nSPS) is 16.4. The van der Waals surface area contributed by atoms with Crippen molar-refractivity contribution in [3.63, 3.8) is 0 Å². The number of benzene rings is 2. The molecule has 28 heavy (non-hydrogen) atoms. The average molecular weight is 399 g/mol. The lowest BCUT2D eigenvalue weighted by Gasteiger charge is -2.30. The summed E-state index contributed by atoms with van der Waals surface area (Å²) in [5.74, 6) is 0.0435. The number of nitrogens with one attached hydrogen (secondary N) is 2. The van der Waals surface area contributed by atoms with Crippen LogP contribution in [0.5, 0.6) is 0 Å². The zero-order chi connectivity index (χ0) is 20.1. The lowest BCUT2D eigenvalue weighted by molar-refractivity contribution is -0.127. The Hall–Kier alpha value is -2.33. The van der Waals surface area contributed by atoms with Crippen molar-refractivity contribution in [1.82, 2.24) is 5.32 Å². The van der Waals surface area contributed by atoms with Crippen LogP contribution in [0.1, 0.15) is 63.1 Å². The van der Waals surface area contributed by atoms with Crippen molar-refractivity contribution >= 4 is 29.1 Å². The first-order valence-electron chi connectivity index (χ1n) is 9.91. The Bertz CT molecular complexity index is 842. The average Bonchev–Trinajstić information content (AvgIpc) is 3.19. The van der Waals surface area contributed by atoms with Gasteiger partial charge in [0.1, 0.15) is 0 Å². The number of halogens is 1. The maximum atomic E-state index is 13.3. The molecule has 1 fully saturated rings. The molecule has 2 N–H and O–H groups in total. The highest BCUT2D eigenvalue weighted by Gasteiger charge is 2.43. The predicted octanol–water partition coefficient (Wildman–Crippen LogP) is 5.38. The number of anilines is 1. The molecule has 4 nitrogen and oxygen atoms in total. The van der Waals surface area contributed by atoms with Gasteiger partial charge in [-0.05, 0) is 55.2 Å². The van der Waals surface area contributed by atoms with Crippen molar-refractivity contribution in [3.05, 3.63) is 64.7 Å². The Balaban J connectivity index is 1.74. The van der Waals surface area contributed by atoms with E-state index in [9.17, 15) is 9.59 Å². The van der Waals surface area contributed by atoms with Crippen LogP contribution in [0.3, 0.4) is 0 Å². The lowest BCUT2D eigenvalue weighted by Crippen LogP contribution is -2.43. The standard InChI is InChI=1S/C23H27ClN2O2/c1-3-21(27)26-20-11-9-17(10-12-20)16(2)25-22(28)23(13-4-5-14-23)18-7-6-8-19(24)15-18/h6-12,15-16H,3-5,13-14H2,1-2H3,(H,25,28)(H,26,27). The fraction of sp³-hybridized carbons (Fsp3) is 0.391. The minimum Gasteiger partial charge on any atom is -0.349 e. The molecule has 0 spiro atoms. The topological polar surface area (TPSA) is 58.2 Å². The van der Waals surface area contributed by atoms with Gasteiger partial charge in [0, 0.05) is 17.1 Å². The van der Waals surface area contributed by atoms with E-state index in [1.165, 1.54) is 0 Å². The molecule has 1 saturated carbocycles. The van der Waals surface area contributed by atoms with E-state index in [2.05, 4.69) is 10.6 Å². The van der Waals surface area contributed by atoms with Crippen molar-refractivity contribution in [2.45, 2.75) is 57.4 Å². The molecule has 2 aromatic carbocycles. The van der Waals surface area contributed by atoms with E-state index in [1.54, 1.807) is 0 Å². The molecular formula is C23H27ClN2O2. The first-order chi connectivity index (χ1) is 13.4. The molecule has 148 valence electrons. The highest BCUT2D eigenvalue weighted by atomic mass is 35.5. The number of rotatable bonds is 6. The van der Waals surface area contributed by atoms with Crippen LogP contribution < -0.4 is 10.6 Å². The largest absolute Gasteiger partial charge is 0.349 e. The molecular weight excluding hydrogens is 372 g/mol. The van der Waals surface area contributed by atoms with Gasteiger partial charge in [0.25, 0.3) is 0 Å². The van der Waals surface area contributed by atoms with Crippen LogP contribution in [-0.2, 0) is 15.0 Å². The number of hydrogen-bond acceptors (Lipinski definition) is 2. The van der Waals surface area contributed by atoms with Gasteiger partial charge >= 0.3 is 0 Å². The molecule has 0 aromatic heterocycles. The van der Waals surface area contributed by atoms with Gasteiger partial charge in [0.15, 0.2) is 0 Å². The maximum Gasteiger partial charge on any atom is 0.231 e. The second-order valence-electron chi connectivity index (χ2n) is 7.52. The van der Waals surface area contributed by atoms with Gasteiger partial charge in [-0.3, -0.25) is 9.59 Å². The summed E-state index contributed by atoms with van der Waals surface area (Å²) in [6.07, 6.45) is 4.21. The molecule has 2 aromatic rings. The van der Waals surface area contributed by atoms with Crippen LogP contribution in [0, 0.1) is 0 Å². The Morgan fingerprint density at radius 3 is 2.39 bits per heavy atom. The first kappa shape index (κ1) is 20.4. The summed E-state index contributed by atoms with van der Waals surface area (Å²) in [4.78, 5) is 24.8. The molecule has 1 atom stereocenters. The fourth-order valence-electron chi connectivity index (χ4n) is 3.93. The summed E-state index contributed by atoms with van der Waals surface area (Å²) >= 11 is 6.19. The second kappa shape index (κ2) is 8.78. The van der Waals surface area contributed by atoms with Gasteiger partial charge in [-0.1, -0.05) is 55.6 Å². The molecule has 5 heteroatoms. The Kier molecular flexibility index (Phi) is 6.40. The molecule has 1 unspecified atom stereocenters. The van der Waals surface area contributed by atoms with Crippen LogP contribution in [-0.4, -0.2) is 11.8 Å². The highest BCUT2D eigenvalue weighted by Crippen LogP contribution is 2.42. The van der Waals surface area contributed by atoms with E-state index in [-0.39, 0.29) is 17.9 Å². The molecule has 0 saturated heterocycles. The lowest BCUT2D eigenvalue weighted by atomic mass is 9.77. The van der Waals surface area contributed by atoms with E-state index in [0.717, 1.165) is 42.5 Å². The Morgan fingerprint density at radius 2 is 1.79 bits per heavy atom. The molecule has 0 radical (unpaired) electrons. The highest BCUT2D eigenvalue weighted by molar-refractivity contribution is 6.30. The van der Waals surface area contributed by atoms with Crippen LogP contribution >= 0.6 is 11.6 Å². The van der Waals surface area contributed by atoms with Crippen LogP contribution in [0.4, 0.5) is 5.69 Å². The quantitative estimate of drug-likeness (QED) is 0.686. The molecule has 2 amide bonds. The van der Waals surface area contributed by atoms with Crippen LogP contribution in [0.25, 0.3) is 0 Å². The Labute approximate surface area is 171 Å². The van der Waals surface area contributed by atoms with E-state index in [0.29, 0.717) is 11.4 Å². The number of carbonyl (C=O) groups is 2. The van der Waals surface area contributed by atoms with Crippen molar-refractivity contribution in [2.75, 3.05) is 5.32 Å². The third kappa shape index (κ3) is 4.39. The van der Waals surface area contributed by atoms with E-state index < -0.39 is 5.41 Å². The van der Waals surface area contributed by atoms with Crippen molar-refractivity contribution < 1.29 is 9.59 Å². The SMILES string of the molecule is CCC(=O)Nc1ccc(C(C)NC(=O)C2(c3cccc(Cl)c3)CCCC2)cc1. The number of carbonyl (C=O) groups excluding carboxylic acids is 2. The molecule has 3 rings (SSSR count). The molecule has 1 aliphatic rings. The molecule has 1 aliphatic carbocycles. The van der Waals surface area contributed by atoms with E-state index in [4.69, 9.17) is 11.6 Å². The monoisotopic (exact) mass is 398 g/mol. The minimum atomic E-state index is -0.506. The summed E-state index contributed by atoms with van der Waals surface area (Å²) < 4.78 is 0. The van der Waals surface area contributed by atoms with Crippen LogP contribution in [0.15, 0.2) is 48.5 Å². The van der Waals surface area contributed by atoms with Gasteiger partial charge < -0.3 is 10.6 Å². The van der Waals surface area contributed by atoms with Gasteiger partial charge in [-0.25, -0.2) is 0 Å². The summed E-state index contributed by atoms with van der Waals surface area (Å²) in [5, 5.41) is 6.70. The van der Waals surface area contributed by atoms with Gasteiger partial charge in [-0.15, -0.1) is 0 Å². The zero-order valence-electron chi connectivity index (χ0n) is 16.4. The fourth-order valence-corrected chi connectivity index (χ4v) is 4.12. The number of hydrogen-bond donors (Lipinski definition) is 2. The van der Waals surface area contributed by atoms with Crippen molar-refractivity contribution in [1.29, 1.82) is 0 Å². The summed E-state index contributed by atoms with van der Waals surface area (Å²) in [5.41, 5.74) is 2.26. The first-order valence-corrected chi connectivity index (χ1v) is 10.3. The smallest absolute Gasteiger partial charge is 0.231 e. The summed E-state index contributed by atoms with van der Waals surface area (Å²) in [6.45, 7) is 3.80. The summed E-state index contributed by atoms with van der Waals surface area (Å²) in [6, 6.07) is 15.2. The maximum absolute atomic E-state index is 13.3. The molecule has 0 heterocycles. The van der Waals surface area contributed by atoms with Crippen molar-refractivity contribution in [2.24, 2.45) is 0 Å². The third-order valence-electron chi connectivity index (χ3n) is 5.63.